The Morgan fingerprint density at radius 3 is 2.58 bits per heavy atom. The SMILES string of the molecule is CC1CC(COc2ccc(-c3ccc4c(c3)OC(C)(F)S4(=O)=O)cc2F)CCN1c1ncc(Cl)cn1. The first-order valence-electron chi connectivity index (χ1n) is 11.5. The van der Waals surface area contributed by atoms with Gasteiger partial charge in [-0.2, -0.15) is 4.39 Å². The van der Waals surface area contributed by atoms with Crippen LogP contribution >= 0.6 is 11.6 Å². The minimum atomic E-state index is -4.24. The van der Waals surface area contributed by atoms with Gasteiger partial charge in [0.05, 0.1) is 24.0 Å². The Labute approximate surface area is 213 Å². The molecular weight excluding hydrogens is 512 g/mol. The zero-order valence-corrected chi connectivity index (χ0v) is 21.2. The summed E-state index contributed by atoms with van der Waals surface area (Å²) >= 11 is 5.88. The molecule has 3 atom stereocenters. The Hall–Kier alpha value is -2.98. The molecule has 1 fully saturated rings. The predicted octanol–water partition coefficient (Wildman–Crippen LogP) is 5.43. The first kappa shape index (κ1) is 24.7. The molecule has 2 aliphatic heterocycles. The lowest BCUT2D eigenvalue weighted by Gasteiger charge is -2.37. The standard InChI is InChI=1S/C25H24ClF2N3O4S/c1-15-9-16(7-8-31(15)24-29-12-19(26)13-30-24)14-34-21-5-3-17(10-20(21)27)18-4-6-23-22(11-18)35-25(2,28)36(23,32)33/h3-6,10-13,15-16H,7-9,14H2,1-2H3. The summed E-state index contributed by atoms with van der Waals surface area (Å²) in [6.07, 6.45) is 4.85. The first-order valence-corrected chi connectivity index (χ1v) is 13.3. The van der Waals surface area contributed by atoms with Crippen molar-refractivity contribution >= 4 is 27.4 Å². The summed E-state index contributed by atoms with van der Waals surface area (Å²) in [4.78, 5) is 10.5. The van der Waals surface area contributed by atoms with E-state index in [2.05, 4.69) is 21.8 Å². The number of hydrogen-bond acceptors (Lipinski definition) is 7. The second kappa shape index (κ2) is 9.15. The Morgan fingerprint density at radius 1 is 1.19 bits per heavy atom. The van der Waals surface area contributed by atoms with Crippen molar-refractivity contribution < 1.29 is 26.7 Å². The second-order valence-electron chi connectivity index (χ2n) is 9.19. The van der Waals surface area contributed by atoms with Crippen LogP contribution in [0.1, 0.15) is 26.7 Å². The fraction of sp³-hybridized carbons (Fsp3) is 0.360. The summed E-state index contributed by atoms with van der Waals surface area (Å²) in [5.41, 5.74) is 0.985. The molecule has 0 aliphatic carbocycles. The number of nitrogens with zero attached hydrogens (tertiary/aromatic N) is 3. The number of sulfone groups is 1. The van der Waals surface area contributed by atoms with Gasteiger partial charge in [-0.15, -0.1) is 0 Å². The van der Waals surface area contributed by atoms with Gasteiger partial charge < -0.3 is 14.4 Å². The van der Waals surface area contributed by atoms with E-state index >= 15 is 0 Å². The maximum Gasteiger partial charge on any atom is 0.351 e. The minimum absolute atomic E-state index is 0.0947. The molecule has 5 rings (SSSR count). The second-order valence-corrected chi connectivity index (χ2v) is 11.8. The highest BCUT2D eigenvalue weighted by Crippen LogP contribution is 2.44. The Kier molecular flexibility index (Phi) is 6.28. The Balaban J connectivity index is 1.23. The number of aromatic nitrogens is 2. The minimum Gasteiger partial charge on any atom is -0.490 e. The molecule has 0 N–H and O–H groups in total. The summed E-state index contributed by atoms with van der Waals surface area (Å²) in [7, 11) is -4.24. The highest BCUT2D eigenvalue weighted by Gasteiger charge is 2.51. The molecule has 11 heteroatoms. The number of ether oxygens (including phenoxy) is 2. The molecule has 0 amide bonds. The first-order chi connectivity index (χ1) is 17.0. The summed E-state index contributed by atoms with van der Waals surface area (Å²) < 4.78 is 64.3. The topological polar surface area (TPSA) is 81.6 Å². The summed E-state index contributed by atoms with van der Waals surface area (Å²) in [5.74, 6) is 0.373. The predicted molar refractivity (Wildman–Crippen MR) is 131 cm³/mol. The molecule has 0 radical (unpaired) electrons. The smallest absolute Gasteiger partial charge is 0.351 e. The molecule has 0 bridgehead atoms. The Morgan fingerprint density at radius 2 is 1.89 bits per heavy atom. The van der Waals surface area contributed by atoms with Crippen LogP contribution in [0.2, 0.25) is 5.02 Å². The maximum absolute atomic E-state index is 14.9. The third-order valence-electron chi connectivity index (χ3n) is 6.59. The van der Waals surface area contributed by atoms with Crippen LogP contribution in [0.3, 0.4) is 0 Å². The van der Waals surface area contributed by atoms with E-state index in [-0.39, 0.29) is 28.4 Å². The fourth-order valence-electron chi connectivity index (χ4n) is 4.61. The zero-order chi connectivity index (χ0) is 25.7. The molecular formula is C25H24ClF2N3O4S. The van der Waals surface area contributed by atoms with E-state index in [4.69, 9.17) is 21.1 Å². The van der Waals surface area contributed by atoms with Gasteiger partial charge in [0.25, 0.3) is 9.84 Å². The van der Waals surface area contributed by atoms with Crippen molar-refractivity contribution in [3.05, 3.63) is 59.6 Å². The lowest BCUT2D eigenvalue weighted by Crippen LogP contribution is -2.43. The van der Waals surface area contributed by atoms with Gasteiger partial charge in [0, 0.05) is 19.5 Å². The highest BCUT2D eigenvalue weighted by atomic mass is 35.5. The van der Waals surface area contributed by atoms with Crippen LogP contribution in [0.15, 0.2) is 53.7 Å². The van der Waals surface area contributed by atoms with Gasteiger partial charge in [-0.05, 0) is 61.1 Å². The normalized spacial score (nSPS) is 24.8. The van der Waals surface area contributed by atoms with E-state index < -0.39 is 20.8 Å². The van der Waals surface area contributed by atoms with Gasteiger partial charge in [0.2, 0.25) is 5.95 Å². The van der Waals surface area contributed by atoms with Gasteiger partial charge in [-0.3, -0.25) is 0 Å². The van der Waals surface area contributed by atoms with Gasteiger partial charge in [-0.1, -0.05) is 23.7 Å². The van der Waals surface area contributed by atoms with Crippen LogP contribution in [0.5, 0.6) is 11.5 Å². The van der Waals surface area contributed by atoms with Crippen LogP contribution in [-0.4, -0.2) is 42.8 Å². The Bertz CT molecular complexity index is 1400. The molecule has 3 unspecified atom stereocenters. The number of halogens is 3. The molecule has 1 aromatic heterocycles. The van der Waals surface area contributed by atoms with E-state index in [0.717, 1.165) is 26.3 Å². The third kappa shape index (κ3) is 4.48. The van der Waals surface area contributed by atoms with Crippen LogP contribution in [0, 0.1) is 11.7 Å². The fourth-order valence-corrected chi connectivity index (χ4v) is 5.92. The number of piperidine rings is 1. The van der Waals surface area contributed by atoms with E-state index in [0.29, 0.717) is 28.7 Å². The summed E-state index contributed by atoms with van der Waals surface area (Å²) in [6.45, 7) is 4.07. The van der Waals surface area contributed by atoms with Gasteiger partial charge in [-0.25, -0.2) is 22.8 Å². The molecule has 0 spiro atoms. The average Bonchev–Trinajstić information content (AvgIpc) is 3.02. The number of rotatable bonds is 5. The number of alkyl halides is 1. The van der Waals surface area contributed by atoms with Crippen LogP contribution in [-0.2, 0) is 9.84 Å². The number of hydrogen-bond donors (Lipinski definition) is 0. The molecule has 36 heavy (non-hydrogen) atoms. The van der Waals surface area contributed by atoms with Crippen molar-refractivity contribution in [2.45, 2.75) is 42.8 Å². The van der Waals surface area contributed by atoms with Crippen molar-refractivity contribution in [2.24, 2.45) is 5.92 Å². The van der Waals surface area contributed by atoms with E-state index in [1.165, 1.54) is 30.3 Å². The lowest BCUT2D eigenvalue weighted by molar-refractivity contribution is 0.0464. The zero-order valence-electron chi connectivity index (χ0n) is 19.6. The summed E-state index contributed by atoms with van der Waals surface area (Å²) in [5, 5.41) is -2.34. The molecule has 3 aromatic rings. The van der Waals surface area contributed by atoms with Gasteiger partial charge in [0.1, 0.15) is 10.6 Å². The monoisotopic (exact) mass is 535 g/mol. The van der Waals surface area contributed by atoms with Gasteiger partial charge >= 0.3 is 5.19 Å². The van der Waals surface area contributed by atoms with Crippen LogP contribution in [0.25, 0.3) is 11.1 Å². The molecule has 0 saturated carbocycles. The van der Waals surface area contributed by atoms with Crippen molar-refractivity contribution in [3.8, 4) is 22.6 Å². The maximum atomic E-state index is 14.9. The summed E-state index contributed by atoms with van der Waals surface area (Å²) in [6, 6.07) is 8.87. The molecule has 1 saturated heterocycles. The van der Waals surface area contributed by atoms with Crippen molar-refractivity contribution in [1.29, 1.82) is 0 Å². The molecule has 2 aliphatic rings. The number of benzene rings is 2. The molecule has 2 aromatic carbocycles. The van der Waals surface area contributed by atoms with Gasteiger partial charge in [0.15, 0.2) is 11.6 Å². The van der Waals surface area contributed by atoms with Crippen LogP contribution < -0.4 is 14.4 Å². The quantitative estimate of drug-likeness (QED) is 0.431. The molecule has 3 heterocycles. The molecule has 190 valence electrons. The highest BCUT2D eigenvalue weighted by molar-refractivity contribution is 7.92. The van der Waals surface area contributed by atoms with Crippen LogP contribution in [0.4, 0.5) is 14.7 Å². The number of anilines is 1. The average molecular weight is 536 g/mol. The van der Waals surface area contributed by atoms with E-state index in [1.807, 2.05) is 0 Å². The van der Waals surface area contributed by atoms with Crippen molar-refractivity contribution in [3.63, 3.8) is 0 Å². The van der Waals surface area contributed by atoms with Crippen molar-refractivity contribution in [1.82, 2.24) is 9.97 Å². The molecule has 7 nitrogen and oxygen atoms in total. The van der Waals surface area contributed by atoms with E-state index in [9.17, 15) is 17.2 Å². The third-order valence-corrected chi connectivity index (χ3v) is 8.75. The largest absolute Gasteiger partial charge is 0.490 e. The lowest BCUT2D eigenvalue weighted by atomic mass is 9.92. The van der Waals surface area contributed by atoms with E-state index in [1.54, 1.807) is 18.5 Å². The van der Waals surface area contributed by atoms with Crippen molar-refractivity contribution in [2.75, 3.05) is 18.1 Å². The number of fused-ring (bicyclic) bond motifs is 1.